The van der Waals surface area contributed by atoms with Crippen molar-refractivity contribution in [2.45, 2.75) is 19.3 Å². The van der Waals surface area contributed by atoms with Gasteiger partial charge in [0.1, 0.15) is 0 Å². The molecule has 0 spiro atoms. The maximum absolute atomic E-state index is 11.8. The zero-order chi connectivity index (χ0) is 14.3. The molecule has 6 heteroatoms. The minimum absolute atomic E-state index is 0.0685. The molecule has 0 saturated carbocycles. The standard InChI is InChI=1S/C14H15N3O3/c1-7-13-9(6-12(19)15-14(13)17-16-7)8-3-4-10(18)11(5-8)20-2/h3-5,9,18H,6H2,1-2H3,(H2,15,16,17,19)/t9-/m0/s1. The molecular formula is C14H15N3O3. The van der Waals surface area contributed by atoms with Crippen LogP contribution >= 0.6 is 0 Å². The molecule has 0 bridgehead atoms. The van der Waals surface area contributed by atoms with Gasteiger partial charge < -0.3 is 15.2 Å². The third kappa shape index (κ3) is 1.89. The highest BCUT2D eigenvalue weighted by Gasteiger charge is 2.30. The molecule has 1 aliphatic rings. The predicted octanol–water partition coefficient (Wildman–Crippen LogP) is 1.91. The first-order valence-corrected chi connectivity index (χ1v) is 6.31. The molecule has 2 heterocycles. The number of anilines is 1. The number of ether oxygens (including phenoxy) is 1. The number of hydrogen-bond donors (Lipinski definition) is 3. The van der Waals surface area contributed by atoms with E-state index in [2.05, 4.69) is 15.5 Å². The van der Waals surface area contributed by atoms with Gasteiger partial charge in [0, 0.05) is 23.6 Å². The SMILES string of the molecule is COc1cc([C@@H]2CC(=O)Nc3n[nH]c(C)c32)ccc1O. The second-order valence-corrected chi connectivity index (χ2v) is 4.85. The van der Waals surface area contributed by atoms with Crippen LogP contribution < -0.4 is 10.1 Å². The van der Waals surface area contributed by atoms with E-state index in [0.717, 1.165) is 16.8 Å². The molecule has 0 saturated heterocycles. The highest BCUT2D eigenvalue weighted by atomic mass is 16.5. The molecule has 3 N–H and O–H groups in total. The van der Waals surface area contributed by atoms with Crippen LogP contribution in [0.15, 0.2) is 18.2 Å². The molecule has 1 aromatic heterocycles. The Labute approximate surface area is 115 Å². The highest BCUT2D eigenvalue weighted by molar-refractivity contribution is 5.94. The number of phenolic OH excluding ortho intramolecular Hbond substituents is 1. The van der Waals surface area contributed by atoms with Crippen molar-refractivity contribution >= 4 is 11.7 Å². The van der Waals surface area contributed by atoms with Gasteiger partial charge in [0.25, 0.3) is 0 Å². The molecule has 0 fully saturated rings. The first-order chi connectivity index (χ1) is 9.60. The quantitative estimate of drug-likeness (QED) is 0.780. The summed E-state index contributed by atoms with van der Waals surface area (Å²) in [6.07, 6.45) is 0.349. The number of nitrogens with zero attached hydrogens (tertiary/aromatic N) is 1. The lowest BCUT2D eigenvalue weighted by molar-refractivity contribution is -0.116. The van der Waals surface area contributed by atoms with Crippen molar-refractivity contribution in [3.8, 4) is 11.5 Å². The zero-order valence-electron chi connectivity index (χ0n) is 11.2. The molecule has 6 nitrogen and oxygen atoms in total. The molecule has 1 atom stereocenters. The monoisotopic (exact) mass is 273 g/mol. The number of methoxy groups -OCH3 is 1. The maximum Gasteiger partial charge on any atom is 0.226 e. The number of carbonyl (C=O) groups is 1. The first kappa shape index (κ1) is 12.5. The van der Waals surface area contributed by atoms with Gasteiger partial charge in [-0.3, -0.25) is 9.89 Å². The van der Waals surface area contributed by atoms with Crippen LogP contribution in [0.1, 0.15) is 29.2 Å². The number of fused-ring (bicyclic) bond motifs is 1. The van der Waals surface area contributed by atoms with Crippen molar-refractivity contribution in [2.24, 2.45) is 0 Å². The molecular weight excluding hydrogens is 258 g/mol. The van der Waals surface area contributed by atoms with Crippen LogP contribution in [-0.2, 0) is 4.79 Å². The van der Waals surface area contributed by atoms with Gasteiger partial charge in [-0.2, -0.15) is 5.10 Å². The van der Waals surface area contributed by atoms with E-state index >= 15 is 0 Å². The van der Waals surface area contributed by atoms with Gasteiger partial charge in [-0.1, -0.05) is 6.07 Å². The van der Waals surface area contributed by atoms with Crippen molar-refractivity contribution in [2.75, 3.05) is 12.4 Å². The molecule has 1 aliphatic heterocycles. The molecule has 3 rings (SSSR count). The molecule has 1 aromatic carbocycles. The van der Waals surface area contributed by atoms with Crippen LogP contribution in [0.2, 0.25) is 0 Å². The third-order valence-corrected chi connectivity index (χ3v) is 3.60. The Morgan fingerprint density at radius 1 is 1.45 bits per heavy atom. The summed E-state index contributed by atoms with van der Waals surface area (Å²) in [5, 5.41) is 19.4. The Morgan fingerprint density at radius 3 is 3.00 bits per heavy atom. The van der Waals surface area contributed by atoms with Crippen LogP contribution in [0.25, 0.3) is 0 Å². The number of phenols is 1. The number of aromatic hydroxyl groups is 1. The lowest BCUT2D eigenvalue weighted by atomic mass is 9.85. The van der Waals surface area contributed by atoms with Crippen molar-refractivity contribution in [3.05, 3.63) is 35.0 Å². The van der Waals surface area contributed by atoms with Crippen LogP contribution in [0, 0.1) is 6.92 Å². The van der Waals surface area contributed by atoms with Gasteiger partial charge in [0.2, 0.25) is 5.91 Å². The summed E-state index contributed by atoms with van der Waals surface area (Å²) in [5.41, 5.74) is 2.83. The second kappa shape index (κ2) is 4.56. The average molecular weight is 273 g/mol. The van der Waals surface area contributed by atoms with E-state index in [-0.39, 0.29) is 17.6 Å². The fourth-order valence-electron chi connectivity index (χ4n) is 2.63. The average Bonchev–Trinajstić information content (AvgIpc) is 2.80. The molecule has 2 aromatic rings. The number of benzene rings is 1. The topological polar surface area (TPSA) is 87.2 Å². The summed E-state index contributed by atoms with van der Waals surface area (Å²) in [5.74, 6) is 0.903. The van der Waals surface area contributed by atoms with Gasteiger partial charge >= 0.3 is 0 Å². The van der Waals surface area contributed by atoms with Crippen LogP contribution in [0.3, 0.4) is 0 Å². The van der Waals surface area contributed by atoms with Gasteiger partial charge in [0.05, 0.1) is 7.11 Å². The number of aryl methyl sites for hydroxylation is 1. The summed E-state index contributed by atoms with van der Waals surface area (Å²) in [6, 6.07) is 5.14. The minimum Gasteiger partial charge on any atom is -0.504 e. The number of nitrogens with one attached hydrogen (secondary N) is 2. The maximum atomic E-state index is 11.8. The number of aromatic amines is 1. The Bertz CT molecular complexity index is 678. The largest absolute Gasteiger partial charge is 0.504 e. The zero-order valence-corrected chi connectivity index (χ0v) is 11.2. The summed E-state index contributed by atoms with van der Waals surface area (Å²) >= 11 is 0. The van der Waals surface area contributed by atoms with E-state index in [9.17, 15) is 9.90 Å². The predicted molar refractivity (Wildman–Crippen MR) is 73.1 cm³/mol. The van der Waals surface area contributed by atoms with Gasteiger partial charge in [0.15, 0.2) is 17.3 Å². The number of amides is 1. The Morgan fingerprint density at radius 2 is 2.25 bits per heavy atom. The molecule has 20 heavy (non-hydrogen) atoms. The molecule has 0 unspecified atom stereocenters. The van der Waals surface area contributed by atoms with E-state index < -0.39 is 0 Å². The summed E-state index contributed by atoms with van der Waals surface area (Å²) < 4.78 is 5.13. The smallest absolute Gasteiger partial charge is 0.226 e. The normalized spacial score (nSPS) is 17.5. The van der Waals surface area contributed by atoms with E-state index in [4.69, 9.17) is 4.74 Å². The third-order valence-electron chi connectivity index (χ3n) is 3.60. The number of H-pyrrole nitrogens is 1. The Kier molecular flexibility index (Phi) is 2.85. The highest BCUT2D eigenvalue weighted by Crippen LogP contribution is 2.40. The fraction of sp³-hybridized carbons (Fsp3) is 0.286. The van der Waals surface area contributed by atoms with E-state index in [0.29, 0.717) is 18.0 Å². The van der Waals surface area contributed by atoms with Gasteiger partial charge in [-0.05, 0) is 24.6 Å². The van der Waals surface area contributed by atoms with Crippen molar-refractivity contribution in [1.82, 2.24) is 10.2 Å². The Hall–Kier alpha value is -2.50. The van der Waals surface area contributed by atoms with Crippen LogP contribution in [-0.4, -0.2) is 28.3 Å². The number of rotatable bonds is 2. The number of hydrogen-bond acceptors (Lipinski definition) is 4. The summed E-state index contributed by atoms with van der Waals surface area (Å²) in [6.45, 7) is 1.92. The summed E-state index contributed by atoms with van der Waals surface area (Å²) in [4.78, 5) is 11.8. The number of aromatic nitrogens is 2. The van der Waals surface area contributed by atoms with Crippen LogP contribution in [0.4, 0.5) is 5.82 Å². The van der Waals surface area contributed by atoms with E-state index in [1.54, 1.807) is 18.2 Å². The number of carbonyl (C=O) groups excluding carboxylic acids is 1. The van der Waals surface area contributed by atoms with Crippen molar-refractivity contribution in [3.63, 3.8) is 0 Å². The van der Waals surface area contributed by atoms with Crippen LogP contribution in [0.5, 0.6) is 11.5 Å². The lowest BCUT2D eigenvalue weighted by Gasteiger charge is -2.23. The second-order valence-electron chi connectivity index (χ2n) is 4.85. The molecule has 0 aliphatic carbocycles. The summed E-state index contributed by atoms with van der Waals surface area (Å²) in [7, 11) is 1.50. The Balaban J connectivity index is 2.10. The van der Waals surface area contributed by atoms with Gasteiger partial charge in [-0.25, -0.2) is 0 Å². The van der Waals surface area contributed by atoms with Gasteiger partial charge in [-0.15, -0.1) is 0 Å². The van der Waals surface area contributed by atoms with E-state index in [1.807, 2.05) is 6.92 Å². The molecule has 1 amide bonds. The molecule has 104 valence electrons. The van der Waals surface area contributed by atoms with Crippen molar-refractivity contribution < 1.29 is 14.6 Å². The fourth-order valence-corrected chi connectivity index (χ4v) is 2.63. The van der Waals surface area contributed by atoms with E-state index in [1.165, 1.54) is 7.11 Å². The minimum atomic E-state index is -0.0907. The molecule has 0 radical (unpaired) electrons. The van der Waals surface area contributed by atoms with Crippen molar-refractivity contribution in [1.29, 1.82) is 0 Å². The lowest BCUT2D eigenvalue weighted by Crippen LogP contribution is -2.23. The first-order valence-electron chi connectivity index (χ1n) is 6.31.